The van der Waals surface area contributed by atoms with Crippen molar-refractivity contribution >= 4 is 44.5 Å². The summed E-state index contributed by atoms with van der Waals surface area (Å²) in [4.78, 5) is 29.8. The molecule has 0 aliphatic carbocycles. The van der Waals surface area contributed by atoms with Gasteiger partial charge in [-0.25, -0.2) is 14.5 Å². The Kier molecular flexibility index (Phi) is 6.55. The molecule has 0 aliphatic heterocycles. The Morgan fingerprint density at radius 2 is 1.93 bits per heavy atom. The number of pyridine rings is 1. The molecule has 3 rings (SSSR count). The molecule has 0 fully saturated rings. The fourth-order valence-electron chi connectivity index (χ4n) is 3.04. The van der Waals surface area contributed by atoms with E-state index in [-0.39, 0.29) is 18.6 Å². The number of anilines is 1. The van der Waals surface area contributed by atoms with E-state index in [1.165, 1.54) is 0 Å². The van der Waals surface area contributed by atoms with Crippen molar-refractivity contribution in [3.8, 4) is 0 Å². The lowest BCUT2D eigenvalue weighted by atomic mass is 10.1. The number of carbonyl (C=O) groups is 2. The molecular weight excluding hydrogens is 448 g/mol. The second kappa shape index (κ2) is 8.95. The number of amides is 1. The van der Waals surface area contributed by atoms with Crippen LogP contribution in [0.4, 0.5) is 5.69 Å². The Balaban J connectivity index is 1.80. The van der Waals surface area contributed by atoms with Crippen molar-refractivity contribution < 1.29 is 14.3 Å². The third-order valence-corrected chi connectivity index (χ3v) is 5.18. The molecule has 1 aromatic carbocycles. The first kappa shape index (κ1) is 22.0. The lowest BCUT2D eigenvalue weighted by Crippen LogP contribution is -2.21. The van der Waals surface area contributed by atoms with Crippen LogP contribution in [0, 0.1) is 6.92 Å². The van der Waals surface area contributed by atoms with Crippen LogP contribution in [0.3, 0.4) is 0 Å². The van der Waals surface area contributed by atoms with Crippen LogP contribution in [0.2, 0.25) is 0 Å². The quantitative estimate of drug-likeness (QED) is 0.509. The van der Waals surface area contributed by atoms with Gasteiger partial charge in [0.05, 0.1) is 17.1 Å². The summed E-state index contributed by atoms with van der Waals surface area (Å²) in [6.45, 7) is 9.53. The molecule has 1 N–H and O–H groups in total. The Hall–Kier alpha value is -2.74. The van der Waals surface area contributed by atoms with Gasteiger partial charge in [-0.2, -0.15) is 5.10 Å². The van der Waals surface area contributed by atoms with E-state index in [4.69, 9.17) is 4.74 Å². The minimum atomic E-state index is -0.574. The largest absolute Gasteiger partial charge is 0.452 e. The highest BCUT2D eigenvalue weighted by Gasteiger charge is 2.20. The Morgan fingerprint density at radius 3 is 2.57 bits per heavy atom. The molecule has 0 spiro atoms. The van der Waals surface area contributed by atoms with E-state index in [9.17, 15) is 9.59 Å². The summed E-state index contributed by atoms with van der Waals surface area (Å²) in [5, 5.41) is 7.75. The zero-order valence-corrected chi connectivity index (χ0v) is 19.3. The van der Waals surface area contributed by atoms with E-state index < -0.39 is 11.9 Å². The highest BCUT2D eigenvalue weighted by molar-refractivity contribution is 9.10. The summed E-state index contributed by atoms with van der Waals surface area (Å²) in [6.07, 6.45) is 1.62. The molecule has 7 nitrogen and oxygen atoms in total. The average molecular weight is 473 g/mol. The molecule has 3 aromatic rings. The van der Waals surface area contributed by atoms with Gasteiger partial charge in [0.15, 0.2) is 12.3 Å². The van der Waals surface area contributed by atoms with Gasteiger partial charge in [-0.3, -0.25) is 4.79 Å². The number of carbonyl (C=O) groups excluding carboxylic acids is 2. The first-order valence-electron chi connectivity index (χ1n) is 9.78. The van der Waals surface area contributed by atoms with E-state index in [1.54, 1.807) is 23.0 Å². The second-order valence-corrected chi connectivity index (χ2v) is 8.67. The Morgan fingerprint density at radius 1 is 1.20 bits per heavy atom. The van der Waals surface area contributed by atoms with Gasteiger partial charge in [-0.1, -0.05) is 29.8 Å². The fourth-order valence-corrected chi connectivity index (χ4v) is 3.52. The minimum absolute atomic E-state index is 0.0983. The topological polar surface area (TPSA) is 86.1 Å². The van der Waals surface area contributed by atoms with E-state index >= 15 is 0 Å². The number of nitrogens with zero attached hydrogens (tertiary/aromatic N) is 3. The maximum absolute atomic E-state index is 12.8. The molecule has 0 atom stereocenters. The van der Waals surface area contributed by atoms with E-state index in [1.807, 2.05) is 46.8 Å². The van der Waals surface area contributed by atoms with Crippen LogP contribution in [0.25, 0.3) is 11.0 Å². The van der Waals surface area contributed by atoms with Gasteiger partial charge in [-0.15, -0.1) is 0 Å². The van der Waals surface area contributed by atoms with Crippen molar-refractivity contribution in [2.24, 2.45) is 0 Å². The molecule has 0 unspecified atom stereocenters. The monoisotopic (exact) mass is 472 g/mol. The fraction of sp³-hybridized carbons (Fsp3) is 0.364. The van der Waals surface area contributed by atoms with Gasteiger partial charge in [-0.05, 0) is 56.5 Å². The van der Waals surface area contributed by atoms with Gasteiger partial charge < -0.3 is 10.1 Å². The molecule has 0 radical (unpaired) electrons. The lowest BCUT2D eigenvalue weighted by Gasteiger charge is -2.12. The highest BCUT2D eigenvalue weighted by atomic mass is 79.9. The summed E-state index contributed by atoms with van der Waals surface area (Å²) in [6, 6.07) is 7.34. The van der Waals surface area contributed by atoms with Crippen molar-refractivity contribution in [1.82, 2.24) is 14.8 Å². The molecule has 0 aliphatic rings. The van der Waals surface area contributed by atoms with Crippen LogP contribution < -0.4 is 5.32 Å². The van der Waals surface area contributed by atoms with Crippen LogP contribution in [0.5, 0.6) is 0 Å². The van der Waals surface area contributed by atoms with E-state index in [0.717, 1.165) is 15.7 Å². The number of halogens is 1. The van der Waals surface area contributed by atoms with Crippen LogP contribution in [-0.4, -0.2) is 33.2 Å². The maximum Gasteiger partial charge on any atom is 0.339 e. The van der Waals surface area contributed by atoms with Crippen molar-refractivity contribution in [3.05, 3.63) is 51.8 Å². The van der Waals surface area contributed by atoms with Crippen molar-refractivity contribution in [2.75, 3.05) is 11.9 Å². The summed E-state index contributed by atoms with van der Waals surface area (Å²) in [5.41, 5.74) is 3.35. The predicted molar refractivity (Wildman–Crippen MR) is 120 cm³/mol. The number of ether oxygens (including phenoxy) is 1. The normalized spacial score (nSPS) is 11.3. The summed E-state index contributed by atoms with van der Waals surface area (Å²) in [5.74, 6) is -0.851. The smallest absolute Gasteiger partial charge is 0.339 e. The molecule has 0 saturated carbocycles. The third-order valence-electron chi connectivity index (χ3n) is 4.68. The number of benzene rings is 1. The first-order valence-corrected chi connectivity index (χ1v) is 10.6. The summed E-state index contributed by atoms with van der Waals surface area (Å²) < 4.78 is 8.02. The van der Waals surface area contributed by atoms with Crippen molar-refractivity contribution in [2.45, 2.75) is 46.6 Å². The number of nitrogens with one attached hydrogen (secondary N) is 1. The van der Waals surface area contributed by atoms with Crippen LogP contribution in [-0.2, 0) is 9.53 Å². The second-order valence-electron chi connectivity index (χ2n) is 7.75. The molecule has 2 heterocycles. The number of fused-ring (bicyclic) bond motifs is 1. The molecule has 8 heteroatoms. The number of hydrogen-bond acceptors (Lipinski definition) is 5. The molecular formula is C22H25BrN4O3. The number of esters is 1. The number of aromatic nitrogens is 3. The van der Waals surface area contributed by atoms with Crippen LogP contribution in [0.1, 0.15) is 61.3 Å². The Bertz CT molecular complexity index is 1110. The van der Waals surface area contributed by atoms with Gasteiger partial charge in [0.1, 0.15) is 0 Å². The van der Waals surface area contributed by atoms with Gasteiger partial charge >= 0.3 is 5.97 Å². The van der Waals surface area contributed by atoms with Crippen molar-refractivity contribution in [1.29, 1.82) is 0 Å². The number of aryl methyl sites for hydroxylation is 1. The van der Waals surface area contributed by atoms with Crippen molar-refractivity contribution in [3.63, 3.8) is 0 Å². The molecule has 158 valence electrons. The van der Waals surface area contributed by atoms with Crippen LogP contribution in [0.15, 0.2) is 34.9 Å². The zero-order valence-electron chi connectivity index (χ0n) is 17.7. The Labute approximate surface area is 184 Å². The van der Waals surface area contributed by atoms with Gasteiger partial charge in [0.2, 0.25) is 0 Å². The lowest BCUT2D eigenvalue weighted by molar-refractivity contribution is -0.119. The molecule has 30 heavy (non-hydrogen) atoms. The molecule has 0 saturated heterocycles. The summed E-state index contributed by atoms with van der Waals surface area (Å²) in [7, 11) is 0. The average Bonchev–Trinajstić information content (AvgIpc) is 3.11. The number of hydrogen-bond donors (Lipinski definition) is 1. The minimum Gasteiger partial charge on any atom is -0.452 e. The molecule has 2 aromatic heterocycles. The third kappa shape index (κ3) is 4.70. The maximum atomic E-state index is 12.8. The zero-order chi connectivity index (χ0) is 22.0. The van der Waals surface area contributed by atoms with E-state index in [0.29, 0.717) is 22.3 Å². The van der Waals surface area contributed by atoms with Gasteiger partial charge in [0, 0.05) is 21.9 Å². The predicted octanol–water partition coefficient (Wildman–Crippen LogP) is 5.00. The van der Waals surface area contributed by atoms with Crippen LogP contribution >= 0.6 is 15.9 Å². The first-order chi connectivity index (χ1) is 14.2. The van der Waals surface area contributed by atoms with E-state index in [2.05, 4.69) is 31.3 Å². The highest BCUT2D eigenvalue weighted by Crippen LogP contribution is 2.25. The molecule has 1 amide bonds. The standard InChI is InChI=1S/C22H25BrN4O3/c1-12(2)19-9-16(17-10-24-27(13(3)4)21(17)26-19)22(29)30-11-20(28)25-18-7-6-15(23)8-14(18)5/h6-10,12-13H,11H2,1-5H3,(H,25,28). The SMILES string of the molecule is Cc1cc(Br)ccc1NC(=O)COC(=O)c1cc(C(C)C)nc2c1cnn2C(C)C. The summed E-state index contributed by atoms with van der Waals surface area (Å²) >= 11 is 3.39. The van der Waals surface area contributed by atoms with Gasteiger partial charge in [0.25, 0.3) is 5.91 Å². The molecule has 0 bridgehead atoms. The number of rotatable bonds is 6.